The molecular weight excluding hydrogens is 370 g/mol. The minimum atomic E-state index is -0.733. The largest absolute Gasteiger partial charge is 0.491 e. The highest BCUT2D eigenvalue weighted by Gasteiger charge is 2.40. The lowest BCUT2D eigenvalue weighted by Crippen LogP contribution is -2.45. The Hall–Kier alpha value is -2.49. The van der Waals surface area contributed by atoms with Crippen molar-refractivity contribution in [2.24, 2.45) is 0 Å². The van der Waals surface area contributed by atoms with Crippen LogP contribution in [-0.4, -0.2) is 73.5 Å². The molecule has 0 spiro atoms. The summed E-state index contributed by atoms with van der Waals surface area (Å²) in [6.07, 6.45) is 0.399. The van der Waals surface area contributed by atoms with Gasteiger partial charge in [0, 0.05) is 18.5 Å². The Balaban J connectivity index is 1.48. The summed E-state index contributed by atoms with van der Waals surface area (Å²) in [5, 5.41) is 8.58. The minimum Gasteiger partial charge on any atom is -0.491 e. The summed E-state index contributed by atoms with van der Waals surface area (Å²) in [7, 11) is 0. The second kappa shape index (κ2) is 9.63. The summed E-state index contributed by atoms with van der Waals surface area (Å²) < 4.78 is 20.7. The molecule has 1 N–H and O–H groups in total. The number of ether oxygens (including phenoxy) is 4. The molecule has 9 nitrogen and oxygen atoms in total. The number of carbonyl (C=O) groups is 3. The van der Waals surface area contributed by atoms with Crippen molar-refractivity contribution in [1.29, 1.82) is 0 Å². The summed E-state index contributed by atoms with van der Waals surface area (Å²) >= 11 is 0. The maximum atomic E-state index is 12.6. The third-order valence-corrected chi connectivity index (χ3v) is 4.50. The van der Waals surface area contributed by atoms with E-state index in [2.05, 4.69) is 4.74 Å². The predicted molar refractivity (Wildman–Crippen MR) is 94.7 cm³/mol. The molecule has 0 saturated carbocycles. The van der Waals surface area contributed by atoms with Gasteiger partial charge in [0.25, 0.3) is 5.91 Å². The lowest BCUT2D eigenvalue weighted by molar-refractivity contribution is -0.167. The van der Waals surface area contributed by atoms with Gasteiger partial charge < -0.3 is 29.0 Å². The second-order valence-corrected chi connectivity index (χ2v) is 6.40. The van der Waals surface area contributed by atoms with Crippen molar-refractivity contribution in [3.63, 3.8) is 0 Å². The highest BCUT2D eigenvalue weighted by Crippen LogP contribution is 2.30. The normalized spacial score (nSPS) is 19.0. The van der Waals surface area contributed by atoms with E-state index in [4.69, 9.17) is 19.3 Å². The van der Waals surface area contributed by atoms with E-state index in [1.807, 2.05) is 0 Å². The zero-order valence-corrected chi connectivity index (χ0v) is 15.4. The molecule has 0 aliphatic carbocycles. The first kappa shape index (κ1) is 20.2. The minimum absolute atomic E-state index is 0.0125. The average molecular weight is 393 g/mol. The van der Waals surface area contributed by atoms with Crippen molar-refractivity contribution in [3.8, 4) is 5.75 Å². The monoisotopic (exact) mass is 393 g/mol. The van der Waals surface area contributed by atoms with Crippen LogP contribution in [0.25, 0.3) is 0 Å². The fraction of sp³-hybridized carbons (Fsp3) is 0.526. The molecule has 152 valence electrons. The molecule has 2 aliphatic heterocycles. The molecule has 0 aromatic heterocycles. The number of carbonyl (C=O) groups excluding carboxylic acids is 3. The average Bonchev–Trinajstić information content (AvgIpc) is 3.00. The van der Waals surface area contributed by atoms with Crippen molar-refractivity contribution < 1.29 is 38.4 Å². The van der Waals surface area contributed by atoms with Gasteiger partial charge in [0.05, 0.1) is 33.0 Å². The van der Waals surface area contributed by atoms with Gasteiger partial charge in [0.2, 0.25) is 0 Å². The van der Waals surface area contributed by atoms with E-state index in [9.17, 15) is 14.4 Å². The molecule has 1 aromatic rings. The maximum Gasteiger partial charge on any atom is 0.336 e. The van der Waals surface area contributed by atoms with Crippen molar-refractivity contribution in [1.82, 2.24) is 4.90 Å². The van der Waals surface area contributed by atoms with E-state index in [1.165, 1.54) is 4.90 Å². The number of amides is 1. The Morgan fingerprint density at radius 1 is 1.07 bits per heavy atom. The second-order valence-electron chi connectivity index (χ2n) is 6.40. The Kier molecular flexibility index (Phi) is 6.96. The molecule has 1 unspecified atom stereocenters. The van der Waals surface area contributed by atoms with Gasteiger partial charge in [-0.1, -0.05) is 0 Å². The molecular formula is C19H23NO8. The highest BCUT2D eigenvalue weighted by molar-refractivity contribution is 6.02. The number of fused-ring (bicyclic) bond motifs is 1. The van der Waals surface area contributed by atoms with E-state index in [0.717, 1.165) is 5.56 Å². The molecule has 1 aromatic carbocycles. The number of esters is 2. The van der Waals surface area contributed by atoms with E-state index in [1.54, 1.807) is 18.2 Å². The summed E-state index contributed by atoms with van der Waals surface area (Å²) in [6, 6.07) is 4.42. The van der Waals surface area contributed by atoms with Gasteiger partial charge >= 0.3 is 11.9 Å². The summed E-state index contributed by atoms with van der Waals surface area (Å²) in [5.74, 6) is -0.865. The third kappa shape index (κ3) is 4.86. The first-order chi connectivity index (χ1) is 13.6. The Morgan fingerprint density at radius 3 is 2.57 bits per heavy atom. The third-order valence-electron chi connectivity index (χ3n) is 4.50. The molecule has 0 bridgehead atoms. The molecule has 28 heavy (non-hydrogen) atoms. The van der Waals surface area contributed by atoms with Crippen LogP contribution in [0.2, 0.25) is 0 Å². The van der Waals surface area contributed by atoms with E-state index in [-0.39, 0.29) is 31.9 Å². The van der Waals surface area contributed by atoms with Crippen LogP contribution < -0.4 is 4.74 Å². The molecule has 0 radical (unpaired) electrons. The SMILES string of the molecule is O=C1CCC(N2Cc3cc(OCCOCCOCCO)ccc3C2=O)C(=O)O1. The van der Waals surface area contributed by atoms with Gasteiger partial charge in [-0.2, -0.15) is 0 Å². The molecule has 1 fully saturated rings. The first-order valence-corrected chi connectivity index (χ1v) is 9.17. The van der Waals surface area contributed by atoms with Crippen LogP contribution in [0.5, 0.6) is 5.75 Å². The molecule has 1 atom stereocenters. The highest BCUT2D eigenvalue weighted by atomic mass is 16.6. The van der Waals surface area contributed by atoms with Crippen LogP contribution in [0, 0.1) is 0 Å². The van der Waals surface area contributed by atoms with E-state index < -0.39 is 18.0 Å². The van der Waals surface area contributed by atoms with E-state index >= 15 is 0 Å². The number of aliphatic hydroxyl groups excluding tert-OH is 1. The standard InChI is InChI=1S/C19H23NO8/c21-5-6-25-7-8-26-9-10-27-14-1-2-15-13(11-14)12-20(18(15)23)16-3-4-17(22)28-19(16)24/h1-2,11,16,21H,3-10,12H2. The Morgan fingerprint density at radius 2 is 1.82 bits per heavy atom. The molecule has 1 saturated heterocycles. The Labute approximate surface area is 162 Å². The van der Waals surface area contributed by atoms with Crippen LogP contribution in [0.4, 0.5) is 0 Å². The van der Waals surface area contributed by atoms with E-state index in [0.29, 0.717) is 44.3 Å². The van der Waals surface area contributed by atoms with Gasteiger partial charge in [-0.25, -0.2) is 4.79 Å². The number of benzene rings is 1. The van der Waals surface area contributed by atoms with Crippen molar-refractivity contribution in [2.75, 3.05) is 39.6 Å². The van der Waals surface area contributed by atoms with Gasteiger partial charge in [-0.3, -0.25) is 9.59 Å². The van der Waals surface area contributed by atoms with Gasteiger partial charge in [-0.05, 0) is 30.2 Å². The summed E-state index contributed by atoms with van der Waals surface area (Å²) in [4.78, 5) is 37.2. The van der Waals surface area contributed by atoms with Gasteiger partial charge in [0.15, 0.2) is 0 Å². The molecule has 9 heteroatoms. The topological polar surface area (TPSA) is 112 Å². The predicted octanol–water partition coefficient (Wildman–Crippen LogP) is 0.279. The van der Waals surface area contributed by atoms with Gasteiger partial charge in [-0.15, -0.1) is 0 Å². The maximum absolute atomic E-state index is 12.6. The van der Waals surface area contributed by atoms with Crippen LogP contribution >= 0.6 is 0 Å². The number of rotatable bonds is 10. The van der Waals surface area contributed by atoms with Crippen LogP contribution in [0.3, 0.4) is 0 Å². The molecule has 3 rings (SSSR count). The molecule has 2 aliphatic rings. The van der Waals surface area contributed by atoms with Crippen LogP contribution in [0.1, 0.15) is 28.8 Å². The van der Waals surface area contributed by atoms with Crippen LogP contribution in [0.15, 0.2) is 18.2 Å². The number of cyclic esters (lactones) is 2. The number of aliphatic hydroxyl groups is 1. The fourth-order valence-corrected chi connectivity index (χ4v) is 3.15. The number of hydrogen-bond donors (Lipinski definition) is 1. The molecule has 1 amide bonds. The van der Waals surface area contributed by atoms with Crippen LogP contribution in [-0.2, 0) is 30.3 Å². The molecule has 2 heterocycles. The summed E-state index contributed by atoms with van der Waals surface area (Å²) in [6.45, 7) is 2.10. The Bertz CT molecular complexity index is 735. The fourth-order valence-electron chi connectivity index (χ4n) is 3.15. The zero-order chi connectivity index (χ0) is 19.9. The number of hydrogen-bond acceptors (Lipinski definition) is 8. The smallest absolute Gasteiger partial charge is 0.336 e. The number of nitrogens with zero attached hydrogens (tertiary/aromatic N) is 1. The lowest BCUT2D eigenvalue weighted by Gasteiger charge is -2.28. The summed E-state index contributed by atoms with van der Waals surface area (Å²) in [5.41, 5.74) is 1.29. The zero-order valence-electron chi connectivity index (χ0n) is 15.4. The lowest BCUT2D eigenvalue weighted by atomic mass is 10.1. The van der Waals surface area contributed by atoms with Crippen molar-refractivity contribution in [3.05, 3.63) is 29.3 Å². The first-order valence-electron chi connectivity index (χ1n) is 9.17. The quantitative estimate of drug-likeness (QED) is 0.343. The van der Waals surface area contributed by atoms with Crippen molar-refractivity contribution in [2.45, 2.75) is 25.4 Å². The van der Waals surface area contributed by atoms with Gasteiger partial charge in [0.1, 0.15) is 18.4 Å². The van der Waals surface area contributed by atoms with Crippen molar-refractivity contribution >= 4 is 17.8 Å².